The molecule has 0 saturated heterocycles. The van der Waals surface area contributed by atoms with E-state index in [0.717, 1.165) is 11.6 Å². The number of nitrogens with one attached hydrogen (secondary N) is 1. The molecule has 112 valence electrons. The van der Waals surface area contributed by atoms with E-state index in [9.17, 15) is 8.78 Å². The average molecular weight is 289 g/mol. The molecule has 2 aromatic rings. The Hall–Kier alpha value is -1.74. The lowest BCUT2D eigenvalue weighted by molar-refractivity contribution is 0.504. The van der Waals surface area contributed by atoms with Crippen LogP contribution in [0.2, 0.25) is 0 Å². The normalized spacial score (nSPS) is 12.7. The van der Waals surface area contributed by atoms with Gasteiger partial charge in [-0.15, -0.1) is 0 Å². The molecular formula is C18H21F2N. The first-order valence-electron chi connectivity index (χ1n) is 7.24. The zero-order valence-corrected chi connectivity index (χ0v) is 12.7. The van der Waals surface area contributed by atoms with E-state index in [0.29, 0.717) is 12.5 Å². The van der Waals surface area contributed by atoms with Crippen LogP contribution in [0.4, 0.5) is 8.78 Å². The van der Waals surface area contributed by atoms with Gasteiger partial charge in [-0.3, -0.25) is 0 Å². The van der Waals surface area contributed by atoms with Crippen LogP contribution in [-0.4, -0.2) is 0 Å². The fourth-order valence-corrected chi connectivity index (χ4v) is 2.21. The summed E-state index contributed by atoms with van der Waals surface area (Å²) in [6.45, 7) is 6.90. The van der Waals surface area contributed by atoms with Gasteiger partial charge in [-0.2, -0.15) is 0 Å². The Morgan fingerprint density at radius 1 is 0.857 bits per heavy atom. The van der Waals surface area contributed by atoms with Crippen molar-refractivity contribution in [1.29, 1.82) is 0 Å². The third-order valence-electron chi connectivity index (χ3n) is 3.70. The molecule has 0 spiro atoms. The largest absolute Gasteiger partial charge is 0.306 e. The van der Waals surface area contributed by atoms with Gasteiger partial charge in [0.25, 0.3) is 0 Å². The maximum atomic E-state index is 13.1. The average Bonchev–Trinajstić information content (AvgIpc) is 2.48. The van der Waals surface area contributed by atoms with E-state index >= 15 is 0 Å². The van der Waals surface area contributed by atoms with E-state index in [1.54, 1.807) is 6.07 Å². The molecule has 0 aromatic heterocycles. The third-order valence-corrected chi connectivity index (χ3v) is 3.70. The van der Waals surface area contributed by atoms with Gasteiger partial charge in [0.1, 0.15) is 0 Å². The molecule has 0 aliphatic rings. The van der Waals surface area contributed by atoms with Crippen LogP contribution in [0.1, 0.15) is 49.4 Å². The van der Waals surface area contributed by atoms with Crippen LogP contribution < -0.4 is 5.32 Å². The molecule has 0 radical (unpaired) electrons. The van der Waals surface area contributed by atoms with Gasteiger partial charge in [0.2, 0.25) is 0 Å². The van der Waals surface area contributed by atoms with Crippen molar-refractivity contribution >= 4 is 0 Å². The van der Waals surface area contributed by atoms with Gasteiger partial charge in [0.15, 0.2) is 11.6 Å². The molecule has 1 unspecified atom stereocenters. The second-order valence-corrected chi connectivity index (χ2v) is 5.67. The number of hydrogen-bond acceptors (Lipinski definition) is 1. The molecule has 1 N–H and O–H groups in total. The van der Waals surface area contributed by atoms with Crippen molar-refractivity contribution in [3.05, 3.63) is 70.8 Å². The number of rotatable bonds is 5. The van der Waals surface area contributed by atoms with Crippen molar-refractivity contribution < 1.29 is 8.78 Å². The lowest BCUT2D eigenvalue weighted by Crippen LogP contribution is -2.18. The van der Waals surface area contributed by atoms with Gasteiger partial charge in [0, 0.05) is 12.6 Å². The molecule has 0 aliphatic heterocycles. The zero-order chi connectivity index (χ0) is 15.4. The fraction of sp³-hybridized carbons (Fsp3) is 0.333. The molecule has 1 atom stereocenters. The molecule has 2 rings (SSSR count). The second-order valence-electron chi connectivity index (χ2n) is 5.67. The van der Waals surface area contributed by atoms with Crippen molar-refractivity contribution in [3.63, 3.8) is 0 Å². The van der Waals surface area contributed by atoms with E-state index in [1.807, 2.05) is 0 Å². The summed E-state index contributed by atoms with van der Waals surface area (Å²) in [6, 6.07) is 12.6. The predicted molar refractivity (Wildman–Crippen MR) is 82.1 cm³/mol. The highest BCUT2D eigenvalue weighted by Crippen LogP contribution is 2.19. The summed E-state index contributed by atoms with van der Waals surface area (Å²) in [4.78, 5) is 0. The molecule has 0 fully saturated rings. The summed E-state index contributed by atoms with van der Waals surface area (Å²) in [6.07, 6.45) is 0. The molecule has 0 saturated carbocycles. The highest BCUT2D eigenvalue weighted by atomic mass is 19.2. The van der Waals surface area contributed by atoms with Crippen LogP contribution in [0, 0.1) is 11.6 Å². The molecule has 21 heavy (non-hydrogen) atoms. The molecule has 0 aliphatic carbocycles. The van der Waals surface area contributed by atoms with E-state index < -0.39 is 11.6 Å². The summed E-state index contributed by atoms with van der Waals surface area (Å²) in [5.41, 5.74) is 3.23. The Morgan fingerprint density at radius 3 is 2.05 bits per heavy atom. The van der Waals surface area contributed by atoms with E-state index in [2.05, 4.69) is 50.4 Å². The van der Waals surface area contributed by atoms with E-state index in [-0.39, 0.29) is 6.04 Å². The fourth-order valence-electron chi connectivity index (χ4n) is 2.21. The van der Waals surface area contributed by atoms with E-state index in [1.165, 1.54) is 17.2 Å². The molecule has 0 amide bonds. The Labute approximate surface area is 125 Å². The second kappa shape index (κ2) is 6.81. The SMILES string of the molecule is CC(C)c1ccc(C(C)NCc2ccc(F)c(F)c2)cc1. The van der Waals surface area contributed by atoms with Crippen molar-refractivity contribution in [2.24, 2.45) is 0 Å². The Kier molecular flexibility index (Phi) is 5.07. The van der Waals surface area contributed by atoms with Crippen LogP contribution in [-0.2, 0) is 6.54 Å². The highest BCUT2D eigenvalue weighted by Gasteiger charge is 2.07. The number of halogens is 2. The Balaban J connectivity index is 1.97. The molecule has 0 bridgehead atoms. The number of benzene rings is 2. The first-order valence-corrected chi connectivity index (χ1v) is 7.24. The maximum Gasteiger partial charge on any atom is 0.159 e. The molecule has 3 heteroatoms. The summed E-state index contributed by atoms with van der Waals surface area (Å²) in [5.74, 6) is -1.09. The van der Waals surface area contributed by atoms with Crippen molar-refractivity contribution in [2.75, 3.05) is 0 Å². The summed E-state index contributed by atoms with van der Waals surface area (Å²) < 4.78 is 26.0. The van der Waals surface area contributed by atoms with Crippen molar-refractivity contribution in [1.82, 2.24) is 5.32 Å². The maximum absolute atomic E-state index is 13.1. The smallest absolute Gasteiger partial charge is 0.159 e. The van der Waals surface area contributed by atoms with Crippen molar-refractivity contribution in [2.45, 2.75) is 39.3 Å². The zero-order valence-electron chi connectivity index (χ0n) is 12.7. The van der Waals surface area contributed by atoms with Crippen LogP contribution in [0.25, 0.3) is 0 Å². The lowest BCUT2D eigenvalue weighted by atomic mass is 9.99. The minimum atomic E-state index is -0.809. The minimum Gasteiger partial charge on any atom is -0.306 e. The molecule has 1 nitrogen and oxygen atoms in total. The summed E-state index contributed by atoms with van der Waals surface area (Å²) >= 11 is 0. The van der Waals surface area contributed by atoms with Crippen LogP contribution in [0.5, 0.6) is 0 Å². The van der Waals surface area contributed by atoms with Gasteiger partial charge in [-0.05, 0) is 41.7 Å². The van der Waals surface area contributed by atoms with Crippen molar-refractivity contribution in [3.8, 4) is 0 Å². The lowest BCUT2D eigenvalue weighted by Gasteiger charge is -2.15. The van der Waals surface area contributed by atoms with Crippen LogP contribution in [0.3, 0.4) is 0 Å². The van der Waals surface area contributed by atoms with Gasteiger partial charge in [-0.25, -0.2) is 8.78 Å². The quantitative estimate of drug-likeness (QED) is 0.822. The third kappa shape index (κ3) is 4.11. The minimum absolute atomic E-state index is 0.152. The highest BCUT2D eigenvalue weighted by molar-refractivity contribution is 5.27. The standard InChI is InChI=1S/C18H21F2N/c1-12(2)15-5-7-16(8-6-15)13(3)21-11-14-4-9-17(19)18(20)10-14/h4-10,12-13,21H,11H2,1-3H3. The topological polar surface area (TPSA) is 12.0 Å². The first-order chi connectivity index (χ1) is 9.97. The summed E-state index contributed by atoms with van der Waals surface area (Å²) in [7, 11) is 0. The molecule has 0 heterocycles. The predicted octanol–water partition coefficient (Wildman–Crippen LogP) is 4.94. The summed E-state index contributed by atoms with van der Waals surface area (Å²) in [5, 5.41) is 3.32. The molecule has 2 aromatic carbocycles. The van der Waals surface area contributed by atoms with Crippen LogP contribution >= 0.6 is 0 Å². The van der Waals surface area contributed by atoms with Gasteiger partial charge < -0.3 is 5.32 Å². The Bertz CT molecular complexity index is 591. The Morgan fingerprint density at radius 2 is 1.48 bits per heavy atom. The number of hydrogen-bond donors (Lipinski definition) is 1. The van der Waals surface area contributed by atoms with Gasteiger partial charge in [-0.1, -0.05) is 44.2 Å². The monoisotopic (exact) mass is 289 g/mol. The first kappa shape index (κ1) is 15.6. The van der Waals surface area contributed by atoms with Gasteiger partial charge >= 0.3 is 0 Å². The van der Waals surface area contributed by atoms with Crippen LogP contribution in [0.15, 0.2) is 42.5 Å². The molecular weight excluding hydrogens is 268 g/mol. The van der Waals surface area contributed by atoms with E-state index in [4.69, 9.17) is 0 Å². The van der Waals surface area contributed by atoms with Gasteiger partial charge in [0.05, 0.1) is 0 Å².